The molecule has 1 aliphatic heterocycles. The first-order valence-corrected chi connectivity index (χ1v) is 7.35. The van der Waals surface area contributed by atoms with E-state index in [-0.39, 0.29) is 36.7 Å². The Morgan fingerprint density at radius 2 is 1.86 bits per heavy atom. The highest BCUT2D eigenvalue weighted by atomic mass is 35.5. The van der Waals surface area contributed by atoms with Gasteiger partial charge in [0, 0.05) is 42.8 Å². The molecule has 0 radical (unpaired) electrons. The van der Waals surface area contributed by atoms with Crippen LogP contribution in [0.4, 0.5) is 4.39 Å². The van der Waals surface area contributed by atoms with Crippen molar-refractivity contribution in [2.75, 3.05) is 26.2 Å². The minimum Gasteiger partial charge on any atom is -0.314 e. The van der Waals surface area contributed by atoms with Crippen molar-refractivity contribution in [2.24, 2.45) is 5.92 Å². The summed E-state index contributed by atoms with van der Waals surface area (Å²) in [5.41, 5.74) is 0.778. The molecule has 0 unspecified atom stereocenters. The van der Waals surface area contributed by atoms with Gasteiger partial charge in [-0.3, -0.25) is 4.90 Å². The fourth-order valence-electron chi connectivity index (χ4n) is 2.68. The number of halogens is 4. The van der Waals surface area contributed by atoms with Gasteiger partial charge in [0.05, 0.1) is 0 Å². The van der Waals surface area contributed by atoms with Gasteiger partial charge in [-0.1, -0.05) is 31.5 Å². The zero-order chi connectivity index (χ0) is 13.8. The van der Waals surface area contributed by atoms with Crippen LogP contribution in [0.1, 0.15) is 31.9 Å². The van der Waals surface area contributed by atoms with Crippen molar-refractivity contribution in [1.29, 1.82) is 0 Å². The van der Waals surface area contributed by atoms with Gasteiger partial charge in [0.1, 0.15) is 5.82 Å². The van der Waals surface area contributed by atoms with Crippen LogP contribution in [0.25, 0.3) is 0 Å². The van der Waals surface area contributed by atoms with Crippen LogP contribution in [0, 0.1) is 11.7 Å². The van der Waals surface area contributed by atoms with Crippen LogP contribution in [0.5, 0.6) is 0 Å². The summed E-state index contributed by atoms with van der Waals surface area (Å²) in [5, 5.41) is 3.80. The van der Waals surface area contributed by atoms with E-state index in [1.165, 1.54) is 6.07 Å². The standard InChI is InChI=1S/C15H22ClFN2.2ClH/c1-11(2)9-15(19-7-5-18-6-8-19)13-4-3-12(16)10-14(13)17;;/h3-4,10-11,15,18H,5-9H2,1-2H3;2*1H/t15-;;/m0../s1. The molecule has 2 nitrogen and oxygen atoms in total. The lowest BCUT2D eigenvalue weighted by Gasteiger charge is -2.36. The van der Waals surface area contributed by atoms with Gasteiger partial charge in [-0.05, 0) is 24.5 Å². The van der Waals surface area contributed by atoms with Crippen molar-refractivity contribution in [3.8, 4) is 0 Å². The van der Waals surface area contributed by atoms with Crippen LogP contribution in [0.3, 0.4) is 0 Å². The third-order valence-corrected chi connectivity index (χ3v) is 3.84. The number of hydrogen-bond acceptors (Lipinski definition) is 2. The summed E-state index contributed by atoms with van der Waals surface area (Å²) in [6, 6.07) is 5.20. The summed E-state index contributed by atoms with van der Waals surface area (Å²) in [4.78, 5) is 2.38. The number of nitrogens with zero attached hydrogens (tertiary/aromatic N) is 1. The molecular weight excluding hydrogens is 334 g/mol. The molecule has 2 rings (SSSR count). The smallest absolute Gasteiger partial charge is 0.129 e. The van der Waals surface area contributed by atoms with Gasteiger partial charge in [-0.25, -0.2) is 4.39 Å². The van der Waals surface area contributed by atoms with Crippen molar-refractivity contribution >= 4 is 36.4 Å². The normalized spacial score (nSPS) is 17.0. The van der Waals surface area contributed by atoms with Crippen LogP contribution >= 0.6 is 36.4 Å². The lowest BCUT2D eigenvalue weighted by molar-refractivity contribution is 0.151. The van der Waals surface area contributed by atoms with Crippen molar-refractivity contribution in [1.82, 2.24) is 10.2 Å². The number of rotatable bonds is 4. The maximum atomic E-state index is 14.2. The molecule has 1 saturated heterocycles. The van der Waals surface area contributed by atoms with Gasteiger partial charge < -0.3 is 5.32 Å². The first kappa shape index (κ1) is 20.9. The Morgan fingerprint density at radius 1 is 1.24 bits per heavy atom. The molecule has 1 heterocycles. The minimum absolute atomic E-state index is 0. The van der Waals surface area contributed by atoms with Crippen molar-refractivity contribution < 1.29 is 4.39 Å². The van der Waals surface area contributed by atoms with E-state index >= 15 is 0 Å². The number of benzene rings is 1. The Labute approximate surface area is 144 Å². The summed E-state index contributed by atoms with van der Waals surface area (Å²) in [7, 11) is 0. The van der Waals surface area contributed by atoms with Crippen LogP contribution in [-0.2, 0) is 0 Å². The Hall–Kier alpha value is -0.0600. The first-order valence-electron chi connectivity index (χ1n) is 6.97. The van der Waals surface area contributed by atoms with Gasteiger partial charge in [0.15, 0.2) is 0 Å². The molecular formula is C15H24Cl3FN2. The van der Waals surface area contributed by atoms with E-state index in [4.69, 9.17) is 11.6 Å². The molecule has 6 heteroatoms. The van der Waals surface area contributed by atoms with Gasteiger partial charge >= 0.3 is 0 Å². The van der Waals surface area contributed by atoms with Gasteiger partial charge in [-0.2, -0.15) is 0 Å². The summed E-state index contributed by atoms with van der Waals surface area (Å²) in [6.45, 7) is 8.26. The quantitative estimate of drug-likeness (QED) is 0.863. The molecule has 1 fully saturated rings. The van der Waals surface area contributed by atoms with E-state index in [1.54, 1.807) is 6.07 Å². The molecule has 0 spiro atoms. The van der Waals surface area contributed by atoms with E-state index in [1.807, 2.05) is 6.07 Å². The van der Waals surface area contributed by atoms with Crippen LogP contribution < -0.4 is 5.32 Å². The van der Waals surface area contributed by atoms with E-state index < -0.39 is 0 Å². The Bertz CT molecular complexity index is 423. The highest BCUT2D eigenvalue weighted by Gasteiger charge is 2.25. The molecule has 1 atom stereocenters. The molecule has 1 aliphatic rings. The molecule has 0 amide bonds. The zero-order valence-corrected chi connectivity index (χ0v) is 14.8. The van der Waals surface area contributed by atoms with Crippen molar-refractivity contribution in [3.05, 3.63) is 34.6 Å². The van der Waals surface area contributed by atoms with Gasteiger partial charge in [-0.15, -0.1) is 24.8 Å². The summed E-state index contributed by atoms with van der Waals surface area (Å²) >= 11 is 5.85. The molecule has 0 bridgehead atoms. The Morgan fingerprint density at radius 3 is 2.38 bits per heavy atom. The average Bonchev–Trinajstić information content (AvgIpc) is 2.37. The fraction of sp³-hybridized carbons (Fsp3) is 0.600. The number of nitrogens with one attached hydrogen (secondary N) is 1. The highest BCUT2D eigenvalue weighted by Crippen LogP contribution is 2.31. The number of piperazine rings is 1. The second-order valence-corrected chi connectivity index (χ2v) is 6.03. The summed E-state index contributed by atoms with van der Waals surface area (Å²) < 4.78 is 14.2. The van der Waals surface area contributed by atoms with Crippen molar-refractivity contribution in [2.45, 2.75) is 26.3 Å². The number of hydrogen-bond donors (Lipinski definition) is 1. The Balaban J connectivity index is 0.00000200. The molecule has 1 aromatic carbocycles. The second kappa shape index (κ2) is 9.86. The lowest BCUT2D eigenvalue weighted by atomic mass is 9.94. The molecule has 1 aromatic rings. The third kappa shape index (κ3) is 5.91. The molecule has 21 heavy (non-hydrogen) atoms. The maximum absolute atomic E-state index is 14.2. The second-order valence-electron chi connectivity index (χ2n) is 5.60. The predicted molar refractivity (Wildman–Crippen MR) is 92.5 cm³/mol. The molecule has 0 aromatic heterocycles. The van der Waals surface area contributed by atoms with Gasteiger partial charge in [0.2, 0.25) is 0 Å². The molecule has 0 saturated carbocycles. The molecule has 0 aliphatic carbocycles. The van der Waals surface area contributed by atoms with Crippen LogP contribution in [0.15, 0.2) is 18.2 Å². The first-order chi connectivity index (χ1) is 9.08. The van der Waals surface area contributed by atoms with Crippen LogP contribution in [-0.4, -0.2) is 31.1 Å². The monoisotopic (exact) mass is 356 g/mol. The van der Waals surface area contributed by atoms with E-state index in [0.29, 0.717) is 10.9 Å². The van der Waals surface area contributed by atoms with E-state index in [2.05, 4.69) is 24.1 Å². The molecule has 1 N–H and O–H groups in total. The SMILES string of the molecule is CC(C)C[C@@H](c1ccc(Cl)cc1F)N1CCNCC1.Cl.Cl. The van der Waals surface area contributed by atoms with Crippen molar-refractivity contribution in [3.63, 3.8) is 0 Å². The average molecular weight is 358 g/mol. The lowest BCUT2D eigenvalue weighted by Crippen LogP contribution is -2.45. The minimum atomic E-state index is -0.184. The summed E-state index contributed by atoms with van der Waals surface area (Å²) in [5.74, 6) is 0.353. The Kier molecular flexibility index (Phi) is 9.83. The van der Waals surface area contributed by atoms with E-state index in [9.17, 15) is 4.39 Å². The maximum Gasteiger partial charge on any atom is 0.129 e. The summed E-state index contributed by atoms with van der Waals surface area (Å²) in [6.07, 6.45) is 0.971. The van der Waals surface area contributed by atoms with Gasteiger partial charge in [0.25, 0.3) is 0 Å². The highest BCUT2D eigenvalue weighted by molar-refractivity contribution is 6.30. The third-order valence-electron chi connectivity index (χ3n) is 3.61. The largest absolute Gasteiger partial charge is 0.314 e. The van der Waals surface area contributed by atoms with E-state index in [0.717, 1.165) is 38.2 Å². The zero-order valence-electron chi connectivity index (χ0n) is 12.4. The topological polar surface area (TPSA) is 15.3 Å². The van der Waals surface area contributed by atoms with Crippen LogP contribution in [0.2, 0.25) is 5.02 Å². The fourth-order valence-corrected chi connectivity index (χ4v) is 2.84. The predicted octanol–water partition coefficient (Wildman–Crippen LogP) is 4.32. The molecule has 122 valence electrons.